The Morgan fingerprint density at radius 3 is 2.45 bits per heavy atom. The highest BCUT2D eigenvalue weighted by molar-refractivity contribution is 6.37. The van der Waals surface area contributed by atoms with E-state index in [9.17, 15) is 4.79 Å². The van der Waals surface area contributed by atoms with Gasteiger partial charge in [0.05, 0.1) is 5.56 Å². The molecule has 0 unspecified atom stereocenters. The smallest absolute Gasteiger partial charge is 0.196 e. The summed E-state index contributed by atoms with van der Waals surface area (Å²) in [5.41, 5.74) is 1.74. The molecule has 1 aliphatic rings. The number of ether oxygens (including phenoxy) is 1. The summed E-state index contributed by atoms with van der Waals surface area (Å²) in [6, 6.07) is 12.4. The third kappa shape index (κ3) is 2.33. The number of fused-ring (bicyclic) bond motifs is 1. The second-order valence-corrected chi connectivity index (χ2v) is 5.23. The maximum absolute atomic E-state index is 12.4. The molecule has 4 heteroatoms. The first-order valence-electron chi connectivity index (χ1n) is 6.08. The summed E-state index contributed by atoms with van der Waals surface area (Å²) >= 11 is 12.2. The van der Waals surface area contributed by atoms with Gasteiger partial charge in [-0.05, 0) is 30.3 Å². The summed E-state index contributed by atoms with van der Waals surface area (Å²) < 4.78 is 5.58. The van der Waals surface area contributed by atoms with Crippen molar-refractivity contribution < 1.29 is 9.53 Å². The number of ketones is 1. The van der Waals surface area contributed by atoms with Crippen LogP contribution in [-0.2, 0) is 0 Å². The van der Waals surface area contributed by atoms with Crippen LogP contribution in [0.4, 0.5) is 0 Å². The van der Waals surface area contributed by atoms with Gasteiger partial charge in [0.15, 0.2) is 5.78 Å². The molecule has 0 saturated carbocycles. The third-order valence-corrected chi connectivity index (χ3v) is 3.78. The van der Waals surface area contributed by atoms with Crippen LogP contribution in [0.15, 0.2) is 48.0 Å². The van der Waals surface area contributed by atoms with E-state index in [0.29, 0.717) is 32.5 Å². The van der Waals surface area contributed by atoms with Gasteiger partial charge >= 0.3 is 0 Å². The average Bonchev–Trinajstić information content (AvgIpc) is 2.45. The summed E-state index contributed by atoms with van der Waals surface area (Å²) in [4.78, 5) is 12.4. The predicted octanol–water partition coefficient (Wildman–Crippen LogP) is 4.65. The summed E-state index contributed by atoms with van der Waals surface area (Å²) in [5, 5.41) is 1.02. The zero-order chi connectivity index (χ0) is 14.1. The van der Waals surface area contributed by atoms with Crippen LogP contribution in [-0.4, -0.2) is 12.4 Å². The van der Waals surface area contributed by atoms with E-state index in [0.717, 1.165) is 0 Å². The zero-order valence-corrected chi connectivity index (χ0v) is 11.9. The minimum atomic E-state index is -0.0529. The highest BCUT2D eigenvalue weighted by atomic mass is 35.5. The minimum Gasteiger partial charge on any atom is -0.488 e. The normalized spacial score (nSPS) is 15.9. The van der Waals surface area contributed by atoms with Crippen LogP contribution in [0.1, 0.15) is 15.9 Å². The third-order valence-electron chi connectivity index (χ3n) is 3.12. The molecule has 0 amide bonds. The van der Waals surface area contributed by atoms with Crippen LogP contribution >= 0.6 is 23.2 Å². The Bertz CT molecular complexity index is 700. The number of carbonyl (C=O) groups excluding carboxylic acids is 1. The van der Waals surface area contributed by atoms with E-state index < -0.39 is 0 Å². The van der Waals surface area contributed by atoms with Gasteiger partial charge in [-0.15, -0.1) is 0 Å². The van der Waals surface area contributed by atoms with E-state index in [2.05, 4.69) is 0 Å². The lowest BCUT2D eigenvalue weighted by Gasteiger charge is -2.18. The predicted molar refractivity (Wildman–Crippen MR) is 80.7 cm³/mol. The first kappa shape index (κ1) is 13.2. The van der Waals surface area contributed by atoms with Crippen LogP contribution < -0.4 is 4.74 Å². The van der Waals surface area contributed by atoms with Gasteiger partial charge in [-0.1, -0.05) is 41.4 Å². The van der Waals surface area contributed by atoms with E-state index in [1.54, 1.807) is 36.4 Å². The number of hydrogen-bond donors (Lipinski definition) is 0. The highest BCUT2D eigenvalue weighted by Gasteiger charge is 2.23. The standard InChI is InChI=1S/C16H10Cl2O2/c17-13-5-3-6-14(18)12(13)8-10-9-20-15-7-2-1-4-11(15)16(10)19/h1-8H,9H2. The number of carbonyl (C=O) groups is 1. The van der Waals surface area contributed by atoms with Crippen molar-refractivity contribution in [3.63, 3.8) is 0 Å². The second kappa shape index (κ2) is 5.31. The van der Waals surface area contributed by atoms with Crippen molar-refractivity contribution in [2.75, 3.05) is 6.61 Å². The Balaban J connectivity index is 2.05. The molecule has 100 valence electrons. The molecule has 2 nitrogen and oxygen atoms in total. The van der Waals surface area contributed by atoms with Gasteiger partial charge in [0, 0.05) is 21.2 Å². The maximum atomic E-state index is 12.4. The monoisotopic (exact) mass is 304 g/mol. The van der Waals surface area contributed by atoms with E-state index in [4.69, 9.17) is 27.9 Å². The van der Waals surface area contributed by atoms with Gasteiger partial charge in [0.2, 0.25) is 0 Å². The van der Waals surface area contributed by atoms with Crippen molar-refractivity contribution in [3.8, 4) is 5.75 Å². The molecule has 0 fully saturated rings. The summed E-state index contributed by atoms with van der Waals surface area (Å²) in [6.07, 6.45) is 1.70. The Labute approximate surface area is 126 Å². The average molecular weight is 305 g/mol. The Morgan fingerprint density at radius 1 is 1.00 bits per heavy atom. The van der Waals surface area contributed by atoms with Crippen LogP contribution in [0.25, 0.3) is 6.08 Å². The lowest BCUT2D eigenvalue weighted by atomic mass is 9.98. The largest absolute Gasteiger partial charge is 0.488 e. The molecule has 0 saturated heterocycles. The fraction of sp³-hybridized carbons (Fsp3) is 0.0625. The van der Waals surface area contributed by atoms with Crippen molar-refractivity contribution in [1.82, 2.24) is 0 Å². The van der Waals surface area contributed by atoms with Gasteiger partial charge in [0.1, 0.15) is 12.4 Å². The molecule has 1 heterocycles. The lowest BCUT2D eigenvalue weighted by molar-refractivity contribution is 0.100. The number of rotatable bonds is 1. The van der Waals surface area contributed by atoms with Crippen molar-refractivity contribution in [1.29, 1.82) is 0 Å². The van der Waals surface area contributed by atoms with Crippen LogP contribution in [0, 0.1) is 0 Å². The van der Waals surface area contributed by atoms with Gasteiger partial charge in [-0.25, -0.2) is 0 Å². The molecule has 0 spiro atoms. The molecule has 0 radical (unpaired) electrons. The number of Topliss-reactive ketones (excluding diaryl/α,β-unsaturated/α-hetero) is 1. The first-order chi connectivity index (χ1) is 9.66. The number of para-hydroxylation sites is 1. The van der Waals surface area contributed by atoms with E-state index in [1.807, 2.05) is 12.1 Å². The maximum Gasteiger partial charge on any atom is 0.196 e. The Kier molecular flexibility index (Phi) is 3.51. The molecule has 20 heavy (non-hydrogen) atoms. The molecule has 0 aliphatic carbocycles. The van der Waals surface area contributed by atoms with Gasteiger partial charge < -0.3 is 4.74 Å². The fourth-order valence-electron chi connectivity index (χ4n) is 2.10. The molecule has 2 aromatic rings. The first-order valence-corrected chi connectivity index (χ1v) is 6.83. The molecule has 0 atom stereocenters. The summed E-state index contributed by atoms with van der Waals surface area (Å²) in [7, 11) is 0. The summed E-state index contributed by atoms with van der Waals surface area (Å²) in [5.74, 6) is 0.558. The Morgan fingerprint density at radius 2 is 1.70 bits per heavy atom. The van der Waals surface area contributed by atoms with Crippen LogP contribution in [0.2, 0.25) is 10.0 Å². The second-order valence-electron chi connectivity index (χ2n) is 4.42. The lowest BCUT2D eigenvalue weighted by Crippen LogP contribution is -2.18. The molecular weight excluding hydrogens is 295 g/mol. The molecule has 3 rings (SSSR count). The molecular formula is C16H10Cl2O2. The van der Waals surface area contributed by atoms with Gasteiger partial charge in [0.25, 0.3) is 0 Å². The molecule has 2 aromatic carbocycles. The minimum absolute atomic E-state index is 0.0529. The number of hydrogen-bond acceptors (Lipinski definition) is 2. The molecule has 0 N–H and O–H groups in total. The molecule has 0 aromatic heterocycles. The Hall–Kier alpha value is -1.77. The van der Waals surface area contributed by atoms with Gasteiger partial charge in [-0.2, -0.15) is 0 Å². The SMILES string of the molecule is O=C1C(=Cc2c(Cl)cccc2Cl)COc2ccccc21. The van der Waals surface area contributed by atoms with E-state index in [1.165, 1.54) is 0 Å². The van der Waals surface area contributed by atoms with Gasteiger partial charge in [-0.3, -0.25) is 4.79 Å². The van der Waals surface area contributed by atoms with Crippen molar-refractivity contribution in [2.45, 2.75) is 0 Å². The molecule has 1 aliphatic heterocycles. The topological polar surface area (TPSA) is 26.3 Å². The van der Waals surface area contributed by atoms with Crippen molar-refractivity contribution in [2.24, 2.45) is 0 Å². The fourth-order valence-corrected chi connectivity index (χ4v) is 2.61. The van der Waals surface area contributed by atoms with Crippen molar-refractivity contribution in [3.05, 3.63) is 69.2 Å². The quantitative estimate of drug-likeness (QED) is 0.717. The summed E-state index contributed by atoms with van der Waals surface area (Å²) in [6.45, 7) is 0.220. The van der Waals surface area contributed by atoms with Crippen LogP contribution in [0.5, 0.6) is 5.75 Å². The van der Waals surface area contributed by atoms with Crippen LogP contribution in [0.3, 0.4) is 0 Å². The number of halogens is 2. The zero-order valence-electron chi connectivity index (χ0n) is 10.4. The van der Waals surface area contributed by atoms with E-state index >= 15 is 0 Å². The number of benzene rings is 2. The van der Waals surface area contributed by atoms with E-state index in [-0.39, 0.29) is 12.4 Å². The van der Waals surface area contributed by atoms with Crippen molar-refractivity contribution >= 4 is 35.1 Å². The highest BCUT2D eigenvalue weighted by Crippen LogP contribution is 2.31. The molecule has 0 bridgehead atoms.